The molecule has 154 valence electrons. The van der Waals surface area contributed by atoms with Crippen LogP contribution in [0.25, 0.3) is 0 Å². The zero-order chi connectivity index (χ0) is 19.8. The van der Waals surface area contributed by atoms with Crippen molar-refractivity contribution < 1.29 is 13.9 Å². The number of hydrogen-bond acceptors (Lipinski definition) is 5. The van der Waals surface area contributed by atoms with Crippen molar-refractivity contribution in [2.24, 2.45) is 12.0 Å². The molecule has 2 aromatic rings. The quantitative estimate of drug-likeness (QED) is 0.504. The zero-order valence-corrected chi connectivity index (χ0v) is 17.0. The van der Waals surface area contributed by atoms with Crippen LogP contribution in [-0.2, 0) is 31.2 Å². The summed E-state index contributed by atoms with van der Waals surface area (Å²) in [4.78, 5) is 4.78. The molecule has 1 aliphatic heterocycles. The zero-order valence-electron chi connectivity index (χ0n) is 17.0. The lowest BCUT2D eigenvalue weighted by Gasteiger charge is -2.15. The number of nitrogens with zero attached hydrogens (tertiary/aromatic N) is 3. The maximum Gasteiger partial charge on any atom is 0.216 e. The van der Waals surface area contributed by atoms with Crippen LogP contribution in [0.3, 0.4) is 0 Å². The number of ether oxygens (including phenoxy) is 2. The van der Waals surface area contributed by atoms with Crippen LogP contribution in [0, 0.1) is 0 Å². The number of aliphatic imine (C=N–C) groups is 1. The van der Waals surface area contributed by atoms with E-state index in [2.05, 4.69) is 22.7 Å². The molecule has 3 heterocycles. The van der Waals surface area contributed by atoms with Crippen LogP contribution in [0.2, 0.25) is 0 Å². The van der Waals surface area contributed by atoms with E-state index in [-0.39, 0.29) is 6.10 Å². The van der Waals surface area contributed by atoms with Crippen molar-refractivity contribution in [1.82, 2.24) is 20.4 Å². The first-order chi connectivity index (χ1) is 13.7. The van der Waals surface area contributed by atoms with Gasteiger partial charge in [0.05, 0.1) is 37.3 Å². The summed E-state index contributed by atoms with van der Waals surface area (Å²) >= 11 is 0. The fourth-order valence-corrected chi connectivity index (χ4v) is 3.41. The summed E-state index contributed by atoms with van der Waals surface area (Å²) in [5, 5.41) is 11.3. The fourth-order valence-electron chi connectivity index (χ4n) is 3.41. The monoisotopic (exact) mass is 389 g/mol. The highest BCUT2D eigenvalue weighted by atomic mass is 16.5. The minimum absolute atomic E-state index is 0.246. The Morgan fingerprint density at radius 3 is 3.00 bits per heavy atom. The molecule has 3 rings (SSSR count). The summed E-state index contributed by atoms with van der Waals surface area (Å²) in [7, 11) is 3.56. The standard InChI is InChI=1S/C20H31N5O3/c1-4-18-17(19(26-3)25(2)24-18)14-23-20(22-13-16-8-6-12-28-16)21-10-9-15-7-5-11-27-15/h5,7,11,16H,4,6,8-10,12-14H2,1-3H3,(H2,21,22,23). The molecule has 0 aliphatic carbocycles. The van der Waals surface area contributed by atoms with Crippen LogP contribution < -0.4 is 15.4 Å². The SMILES string of the molecule is CCc1nn(C)c(OC)c1CN=C(NCCc1ccco1)NCC1CCCO1. The summed E-state index contributed by atoms with van der Waals surface area (Å²) in [5.74, 6) is 2.47. The molecule has 0 aromatic carbocycles. The van der Waals surface area contributed by atoms with Gasteiger partial charge >= 0.3 is 0 Å². The third kappa shape index (κ3) is 5.28. The van der Waals surface area contributed by atoms with Gasteiger partial charge in [-0.05, 0) is 31.4 Å². The first-order valence-corrected chi connectivity index (χ1v) is 9.96. The second kappa shape index (κ2) is 10.2. The molecular formula is C20H31N5O3. The lowest BCUT2D eigenvalue weighted by molar-refractivity contribution is 0.114. The lowest BCUT2D eigenvalue weighted by atomic mass is 10.2. The van der Waals surface area contributed by atoms with Gasteiger partial charge in [-0.2, -0.15) is 5.10 Å². The van der Waals surface area contributed by atoms with E-state index < -0.39 is 0 Å². The van der Waals surface area contributed by atoms with E-state index in [1.807, 2.05) is 19.2 Å². The molecule has 2 aromatic heterocycles. The number of rotatable bonds is 9. The minimum atomic E-state index is 0.246. The highest BCUT2D eigenvalue weighted by Crippen LogP contribution is 2.22. The van der Waals surface area contributed by atoms with Gasteiger partial charge < -0.3 is 24.5 Å². The van der Waals surface area contributed by atoms with Gasteiger partial charge in [-0.25, -0.2) is 9.67 Å². The third-order valence-corrected chi connectivity index (χ3v) is 4.86. The van der Waals surface area contributed by atoms with Gasteiger partial charge in [0.25, 0.3) is 0 Å². The van der Waals surface area contributed by atoms with Gasteiger partial charge in [-0.1, -0.05) is 6.92 Å². The van der Waals surface area contributed by atoms with E-state index in [1.165, 1.54) is 0 Å². The van der Waals surface area contributed by atoms with Crippen LogP contribution >= 0.6 is 0 Å². The highest BCUT2D eigenvalue weighted by Gasteiger charge is 2.17. The summed E-state index contributed by atoms with van der Waals surface area (Å²) < 4.78 is 18.4. The van der Waals surface area contributed by atoms with Crippen LogP contribution in [0.15, 0.2) is 27.8 Å². The molecule has 2 N–H and O–H groups in total. The maximum atomic E-state index is 5.71. The average molecular weight is 390 g/mol. The first kappa shape index (κ1) is 20.3. The van der Waals surface area contributed by atoms with Crippen molar-refractivity contribution in [3.63, 3.8) is 0 Å². The number of guanidine groups is 1. The Labute approximate surface area is 166 Å². The molecule has 28 heavy (non-hydrogen) atoms. The van der Waals surface area contributed by atoms with E-state index in [0.29, 0.717) is 6.54 Å². The van der Waals surface area contributed by atoms with Gasteiger partial charge in [-0.3, -0.25) is 0 Å². The minimum Gasteiger partial charge on any atom is -0.481 e. The molecule has 1 fully saturated rings. The highest BCUT2D eigenvalue weighted by molar-refractivity contribution is 5.79. The third-order valence-electron chi connectivity index (χ3n) is 4.86. The second-order valence-electron chi connectivity index (χ2n) is 6.85. The van der Waals surface area contributed by atoms with Gasteiger partial charge in [0.15, 0.2) is 5.96 Å². The lowest BCUT2D eigenvalue weighted by Crippen LogP contribution is -2.41. The molecule has 0 bridgehead atoms. The molecule has 0 spiro atoms. The first-order valence-electron chi connectivity index (χ1n) is 9.96. The Morgan fingerprint density at radius 2 is 2.32 bits per heavy atom. The van der Waals surface area contributed by atoms with Crippen molar-refractivity contribution >= 4 is 5.96 Å². The van der Waals surface area contributed by atoms with Crippen LogP contribution in [-0.4, -0.2) is 48.7 Å². The number of aryl methyl sites for hydroxylation is 2. The Balaban J connectivity index is 1.65. The molecule has 1 atom stereocenters. The maximum absolute atomic E-state index is 5.71. The summed E-state index contributed by atoms with van der Waals surface area (Å²) in [5.41, 5.74) is 2.04. The van der Waals surface area contributed by atoms with Gasteiger partial charge in [0.2, 0.25) is 5.88 Å². The molecule has 8 nitrogen and oxygen atoms in total. The Hall–Kier alpha value is -2.48. The molecule has 1 aliphatic rings. The molecular weight excluding hydrogens is 358 g/mol. The van der Waals surface area contributed by atoms with E-state index in [9.17, 15) is 0 Å². The van der Waals surface area contributed by atoms with Crippen molar-refractivity contribution in [2.45, 2.75) is 45.3 Å². The number of aromatic nitrogens is 2. The Bertz CT molecular complexity index is 748. The summed E-state index contributed by atoms with van der Waals surface area (Å²) in [6.07, 6.45) is 5.79. The number of furan rings is 1. The van der Waals surface area contributed by atoms with E-state index in [0.717, 1.165) is 74.2 Å². The molecule has 8 heteroatoms. The molecule has 0 amide bonds. The van der Waals surface area contributed by atoms with Crippen LogP contribution in [0.1, 0.15) is 36.8 Å². The van der Waals surface area contributed by atoms with Crippen molar-refractivity contribution in [1.29, 1.82) is 0 Å². The van der Waals surface area contributed by atoms with Gasteiger partial charge in [0.1, 0.15) is 5.76 Å². The van der Waals surface area contributed by atoms with Crippen LogP contribution in [0.4, 0.5) is 0 Å². The smallest absolute Gasteiger partial charge is 0.216 e. The van der Waals surface area contributed by atoms with E-state index >= 15 is 0 Å². The molecule has 1 unspecified atom stereocenters. The summed E-state index contributed by atoms with van der Waals surface area (Å²) in [6.45, 7) is 4.92. The second-order valence-corrected chi connectivity index (χ2v) is 6.85. The Morgan fingerprint density at radius 1 is 1.43 bits per heavy atom. The van der Waals surface area contributed by atoms with E-state index in [1.54, 1.807) is 18.1 Å². The topological polar surface area (TPSA) is 85.8 Å². The van der Waals surface area contributed by atoms with Gasteiger partial charge in [-0.15, -0.1) is 0 Å². The van der Waals surface area contributed by atoms with Crippen molar-refractivity contribution in [2.75, 3.05) is 26.8 Å². The summed E-state index contributed by atoms with van der Waals surface area (Å²) in [6, 6.07) is 3.88. The average Bonchev–Trinajstić information content (AvgIpc) is 3.45. The van der Waals surface area contributed by atoms with Crippen molar-refractivity contribution in [3.05, 3.63) is 35.4 Å². The molecule has 0 radical (unpaired) electrons. The number of nitrogens with one attached hydrogen (secondary N) is 2. The predicted molar refractivity (Wildman–Crippen MR) is 108 cm³/mol. The van der Waals surface area contributed by atoms with Crippen molar-refractivity contribution in [3.8, 4) is 5.88 Å². The fraction of sp³-hybridized carbons (Fsp3) is 0.600. The van der Waals surface area contributed by atoms with Crippen LogP contribution in [0.5, 0.6) is 5.88 Å². The number of hydrogen-bond donors (Lipinski definition) is 2. The predicted octanol–water partition coefficient (Wildman–Crippen LogP) is 2.04. The number of methoxy groups -OCH3 is 1. The largest absolute Gasteiger partial charge is 0.481 e. The van der Waals surface area contributed by atoms with E-state index in [4.69, 9.17) is 18.9 Å². The Kier molecular flexibility index (Phi) is 7.36. The molecule has 0 saturated carbocycles. The molecule has 1 saturated heterocycles. The normalized spacial score (nSPS) is 17.1. The van der Waals surface area contributed by atoms with Gasteiger partial charge in [0, 0.05) is 33.2 Å².